The van der Waals surface area contributed by atoms with Crippen molar-refractivity contribution in [1.29, 1.82) is 0 Å². The van der Waals surface area contributed by atoms with Gasteiger partial charge in [0.05, 0.1) is 10.7 Å². The molecule has 110 valence electrons. The van der Waals surface area contributed by atoms with Crippen LogP contribution in [0.1, 0.15) is 29.3 Å². The summed E-state index contributed by atoms with van der Waals surface area (Å²) >= 11 is 6.00. The minimum absolute atomic E-state index is 0.0254. The SMILES string of the molecule is CCCN(Cc1ccccc1)C(=O)c1ccc(N)c(Cl)c1. The number of amides is 1. The molecular formula is C17H19ClN2O. The van der Waals surface area contributed by atoms with Gasteiger partial charge in [0.2, 0.25) is 0 Å². The van der Waals surface area contributed by atoms with Crippen LogP contribution in [-0.4, -0.2) is 17.4 Å². The zero-order valence-corrected chi connectivity index (χ0v) is 12.8. The third-order valence-electron chi connectivity index (χ3n) is 3.24. The molecule has 2 aromatic rings. The van der Waals surface area contributed by atoms with E-state index in [9.17, 15) is 4.79 Å². The number of nitrogens with two attached hydrogens (primary N) is 1. The monoisotopic (exact) mass is 302 g/mol. The second-order valence-electron chi connectivity index (χ2n) is 4.95. The van der Waals surface area contributed by atoms with Crippen LogP contribution in [0.2, 0.25) is 5.02 Å². The highest BCUT2D eigenvalue weighted by atomic mass is 35.5. The van der Waals surface area contributed by atoms with Crippen molar-refractivity contribution in [2.75, 3.05) is 12.3 Å². The number of nitrogens with zero attached hydrogens (tertiary/aromatic N) is 1. The van der Waals surface area contributed by atoms with Gasteiger partial charge in [-0.3, -0.25) is 4.79 Å². The molecule has 0 unspecified atom stereocenters. The second-order valence-corrected chi connectivity index (χ2v) is 5.36. The first kappa shape index (κ1) is 15.4. The number of halogens is 1. The van der Waals surface area contributed by atoms with Crippen molar-refractivity contribution < 1.29 is 4.79 Å². The van der Waals surface area contributed by atoms with E-state index in [-0.39, 0.29) is 5.91 Å². The van der Waals surface area contributed by atoms with Crippen LogP contribution in [-0.2, 0) is 6.54 Å². The number of nitrogen functional groups attached to an aromatic ring is 1. The molecule has 4 heteroatoms. The van der Waals surface area contributed by atoms with E-state index in [1.807, 2.05) is 35.2 Å². The third kappa shape index (κ3) is 3.99. The molecular weight excluding hydrogens is 284 g/mol. The maximum Gasteiger partial charge on any atom is 0.254 e. The summed E-state index contributed by atoms with van der Waals surface area (Å²) in [5, 5.41) is 0.414. The summed E-state index contributed by atoms with van der Waals surface area (Å²) in [6.45, 7) is 3.35. The Kier molecular flexibility index (Phi) is 5.23. The number of hydrogen-bond acceptors (Lipinski definition) is 2. The summed E-state index contributed by atoms with van der Waals surface area (Å²) in [6, 6.07) is 15.0. The van der Waals surface area contributed by atoms with Gasteiger partial charge in [0.1, 0.15) is 0 Å². The molecule has 0 spiro atoms. The van der Waals surface area contributed by atoms with Gasteiger partial charge >= 0.3 is 0 Å². The standard InChI is InChI=1S/C17H19ClN2O/c1-2-10-20(12-13-6-4-3-5-7-13)17(21)14-8-9-16(19)15(18)11-14/h3-9,11H,2,10,12,19H2,1H3. The summed E-state index contributed by atoms with van der Waals surface area (Å²) in [5.41, 5.74) is 7.85. The average Bonchev–Trinajstić information content (AvgIpc) is 2.50. The molecule has 0 bridgehead atoms. The van der Waals surface area contributed by atoms with E-state index < -0.39 is 0 Å². The van der Waals surface area contributed by atoms with Crippen molar-refractivity contribution in [3.05, 3.63) is 64.7 Å². The Morgan fingerprint density at radius 2 is 1.90 bits per heavy atom. The van der Waals surface area contributed by atoms with Gasteiger partial charge in [0, 0.05) is 18.7 Å². The number of carbonyl (C=O) groups excluding carboxylic acids is 1. The van der Waals surface area contributed by atoms with Gasteiger partial charge in [-0.2, -0.15) is 0 Å². The molecule has 0 aliphatic carbocycles. The topological polar surface area (TPSA) is 46.3 Å². The molecule has 0 fully saturated rings. The largest absolute Gasteiger partial charge is 0.398 e. The van der Waals surface area contributed by atoms with Gasteiger partial charge in [-0.25, -0.2) is 0 Å². The Bertz CT molecular complexity index is 613. The van der Waals surface area contributed by atoms with Gasteiger partial charge < -0.3 is 10.6 Å². The lowest BCUT2D eigenvalue weighted by Gasteiger charge is -2.22. The molecule has 0 radical (unpaired) electrons. The lowest BCUT2D eigenvalue weighted by atomic mass is 10.1. The van der Waals surface area contributed by atoms with E-state index in [4.69, 9.17) is 17.3 Å². The van der Waals surface area contributed by atoms with E-state index in [2.05, 4.69) is 6.92 Å². The van der Waals surface area contributed by atoms with Gasteiger partial charge in [-0.05, 0) is 30.2 Å². The Labute approximate surface area is 130 Å². The Hall–Kier alpha value is -2.00. The zero-order chi connectivity index (χ0) is 15.2. The van der Waals surface area contributed by atoms with Gasteiger partial charge in [0.25, 0.3) is 5.91 Å². The number of hydrogen-bond donors (Lipinski definition) is 1. The molecule has 0 aliphatic rings. The second kappa shape index (κ2) is 7.14. The lowest BCUT2D eigenvalue weighted by Crippen LogP contribution is -2.31. The molecule has 0 heterocycles. The predicted octanol–water partition coefficient (Wildman–Crippen LogP) is 3.97. The minimum atomic E-state index is -0.0254. The fraction of sp³-hybridized carbons (Fsp3) is 0.235. The van der Waals surface area contributed by atoms with Crippen LogP contribution in [0.4, 0.5) is 5.69 Å². The zero-order valence-electron chi connectivity index (χ0n) is 12.1. The molecule has 0 atom stereocenters. The van der Waals surface area contributed by atoms with Crippen molar-refractivity contribution >= 4 is 23.2 Å². The van der Waals surface area contributed by atoms with Gasteiger partial charge in [0.15, 0.2) is 0 Å². The molecule has 0 saturated carbocycles. The third-order valence-corrected chi connectivity index (χ3v) is 3.57. The van der Waals surface area contributed by atoms with Gasteiger partial charge in [-0.1, -0.05) is 48.9 Å². The molecule has 2 aromatic carbocycles. The molecule has 1 amide bonds. The fourth-order valence-electron chi connectivity index (χ4n) is 2.17. The maximum atomic E-state index is 12.6. The number of anilines is 1. The summed E-state index contributed by atoms with van der Waals surface area (Å²) in [6.07, 6.45) is 0.904. The van der Waals surface area contributed by atoms with Gasteiger partial charge in [-0.15, -0.1) is 0 Å². The molecule has 0 saturated heterocycles. The Morgan fingerprint density at radius 1 is 1.19 bits per heavy atom. The molecule has 21 heavy (non-hydrogen) atoms. The number of carbonyl (C=O) groups is 1. The van der Waals surface area contributed by atoms with Crippen molar-refractivity contribution in [2.24, 2.45) is 0 Å². The minimum Gasteiger partial charge on any atom is -0.398 e. The smallest absolute Gasteiger partial charge is 0.254 e. The molecule has 0 aromatic heterocycles. The Morgan fingerprint density at radius 3 is 2.52 bits per heavy atom. The van der Waals surface area contributed by atoms with E-state index in [0.29, 0.717) is 29.4 Å². The average molecular weight is 303 g/mol. The van der Waals surface area contributed by atoms with Crippen molar-refractivity contribution in [2.45, 2.75) is 19.9 Å². The summed E-state index contributed by atoms with van der Waals surface area (Å²) < 4.78 is 0. The summed E-state index contributed by atoms with van der Waals surface area (Å²) in [7, 11) is 0. The molecule has 3 nitrogen and oxygen atoms in total. The Balaban J connectivity index is 2.20. The van der Waals surface area contributed by atoms with Crippen LogP contribution >= 0.6 is 11.6 Å². The molecule has 2 rings (SSSR count). The first-order valence-electron chi connectivity index (χ1n) is 7.00. The highest BCUT2D eigenvalue weighted by molar-refractivity contribution is 6.33. The maximum absolute atomic E-state index is 12.6. The summed E-state index contributed by atoms with van der Waals surface area (Å²) in [5.74, 6) is -0.0254. The van der Waals surface area contributed by atoms with Crippen LogP contribution in [0, 0.1) is 0 Å². The van der Waals surface area contributed by atoms with Crippen LogP contribution in [0.25, 0.3) is 0 Å². The van der Waals surface area contributed by atoms with E-state index in [1.54, 1.807) is 18.2 Å². The van der Waals surface area contributed by atoms with Crippen molar-refractivity contribution in [3.63, 3.8) is 0 Å². The number of rotatable bonds is 5. The highest BCUT2D eigenvalue weighted by Crippen LogP contribution is 2.21. The quantitative estimate of drug-likeness (QED) is 0.849. The van der Waals surface area contributed by atoms with Crippen molar-refractivity contribution in [1.82, 2.24) is 4.90 Å². The van der Waals surface area contributed by atoms with Crippen LogP contribution in [0.5, 0.6) is 0 Å². The fourth-order valence-corrected chi connectivity index (χ4v) is 2.35. The first-order valence-corrected chi connectivity index (χ1v) is 7.38. The highest BCUT2D eigenvalue weighted by Gasteiger charge is 2.16. The van der Waals surface area contributed by atoms with E-state index in [0.717, 1.165) is 12.0 Å². The lowest BCUT2D eigenvalue weighted by molar-refractivity contribution is 0.0743. The first-order chi connectivity index (χ1) is 10.1. The van der Waals surface area contributed by atoms with Crippen molar-refractivity contribution in [3.8, 4) is 0 Å². The van der Waals surface area contributed by atoms with Crippen LogP contribution in [0.15, 0.2) is 48.5 Å². The van der Waals surface area contributed by atoms with Crippen LogP contribution < -0.4 is 5.73 Å². The van der Waals surface area contributed by atoms with Crippen LogP contribution in [0.3, 0.4) is 0 Å². The summed E-state index contributed by atoms with van der Waals surface area (Å²) in [4.78, 5) is 14.5. The molecule has 2 N–H and O–H groups in total. The van der Waals surface area contributed by atoms with E-state index in [1.165, 1.54) is 0 Å². The number of benzene rings is 2. The normalized spacial score (nSPS) is 10.4. The molecule has 0 aliphatic heterocycles. The van der Waals surface area contributed by atoms with E-state index >= 15 is 0 Å². The predicted molar refractivity (Wildman–Crippen MR) is 87.3 cm³/mol.